The fraction of sp³-hybridized carbons (Fsp3) is 0.143. The first-order valence-corrected chi connectivity index (χ1v) is 3.44. The van der Waals surface area contributed by atoms with Crippen molar-refractivity contribution in [1.82, 2.24) is 4.98 Å². The molecule has 0 saturated carbocycles. The Labute approximate surface area is 73.5 Å². The Morgan fingerprint density at radius 1 is 1.69 bits per heavy atom. The molecule has 6 heteroatoms. The Morgan fingerprint density at radius 2 is 2.31 bits per heavy atom. The monoisotopic (exact) mass is 181 g/mol. The molecule has 1 heterocycles. The van der Waals surface area contributed by atoms with Gasteiger partial charge >= 0.3 is 5.69 Å². The predicted octanol–water partition coefficient (Wildman–Crippen LogP) is 0.397. The van der Waals surface area contributed by atoms with Gasteiger partial charge in [0.25, 0.3) is 5.91 Å². The average molecular weight is 181 g/mol. The highest BCUT2D eigenvalue weighted by Crippen LogP contribution is 2.19. The first kappa shape index (κ1) is 9.11. The number of nitro groups is 1. The lowest BCUT2D eigenvalue weighted by molar-refractivity contribution is -0.386. The summed E-state index contributed by atoms with van der Waals surface area (Å²) in [4.78, 5) is 24.1. The van der Waals surface area contributed by atoms with Gasteiger partial charge in [0.05, 0.1) is 4.92 Å². The molecular formula is C7H7N3O3. The summed E-state index contributed by atoms with van der Waals surface area (Å²) in [5.41, 5.74) is 4.66. The molecule has 0 radical (unpaired) electrons. The van der Waals surface area contributed by atoms with E-state index in [1.54, 1.807) is 0 Å². The molecule has 0 bridgehead atoms. The Hall–Kier alpha value is -1.98. The Morgan fingerprint density at radius 3 is 2.69 bits per heavy atom. The molecule has 0 aromatic carbocycles. The van der Waals surface area contributed by atoms with Gasteiger partial charge in [-0.15, -0.1) is 0 Å². The van der Waals surface area contributed by atoms with Crippen LogP contribution >= 0.6 is 0 Å². The van der Waals surface area contributed by atoms with E-state index in [9.17, 15) is 14.9 Å². The third-order valence-electron chi connectivity index (χ3n) is 1.54. The van der Waals surface area contributed by atoms with Gasteiger partial charge in [-0.1, -0.05) is 0 Å². The summed E-state index contributed by atoms with van der Waals surface area (Å²) in [5, 5.41) is 10.5. The maximum Gasteiger partial charge on any atom is 0.303 e. The molecule has 0 atom stereocenters. The second kappa shape index (κ2) is 3.18. The number of nitrogens with zero attached hydrogens (tertiary/aromatic N) is 2. The van der Waals surface area contributed by atoms with Gasteiger partial charge in [0.2, 0.25) is 5.69 Å². The van der Waals surface area contributed by atoms with Crippen LogP contribution in [0.15, 0.2) is 12.3 Å². The summed E-state index contributed by atoms with van der Waals surface area (Å²) in [7, 11) is 0. The van der Waals surface area contributed by atoms with E-state index in [1.165, 1.54) is 19.2 Å². The minimum atomic E-state index is -0.893. The van der Waals surface area contributed by atoms with E-state index in [1.807, 2.05) is 0 Å². The highest BCUT2D eigenvalue weighted by molar-refractivity contribution is 5.95. The maximum atomic E-state index is 10.7. The number of primary amides is 1. The molecule has 1 amide bonds. The molecule has 0 aliphatic heterocycles. The molecule has 0 aliphatic carbocycles. The Kier molecular flexibility index (Phi) is 2.23. The lowest BCUT2D eigenvalue weighted by Gasteiger charge is -1.99. The molecule has 0 unspecified atom stereocenters. The van der Waals surface area contributed by atoms with E-state index in [0.717, 1.165) is 0 Å². The molecule has 13 heavy (non-hydrogen) atoms. The number of hydrogen-bond donors (Lipinski definition) is 1. The lowest BCUT2D eigenvalue weighted by atomic mass is 10.2. The molecule has 0 saturated heterocycles. The van der Waals surface area contributed by atoms with Crippen LogP contribution in [-0.2, 0) is 0 Å². The van der Waals surface area contributed by atoms with Crippen LogP contribution in [-0.4, -0.2) is 15.8 Å². The Bertz CT molecular complexity index is 375. The van der Waals surface area contributed by atoms with Crippen LogP contribution in [0.4, 0.5) is 5.69 Å². The highest BCUT2D eigenvalue weighted by Gasteiger charge is 2.21. The normalized spacial score (nSPS) is 9.62. The summed E-state index contributed by atoms with van der Waals surface area (Å²) in [6, 6.07) is 1.45. The van der Waals surface area contributed by atoms with Crippen molar-refractivity contribution in [1.29, 1.82) is 0 Å². The van der Waals surface area contributed by atoms with Gasteiger partial charge in [-0.05, 0) is 13.0 Å². The van der Waals surface area contributed by atoms with Crippen LogP contribution in [0.2, 0.25) is 0 Å². The van der Waals surface area contributed by atoms with Crippen molar-refractivity contribution >= 4 is 11.6 Å². The van der Waals surface area contributed by atoms with Crippen molar-refractivity contribution in [3.8, 4) is 0 Å². The van der Waals surface area contributed by atoms with Gasteiger partial charge < -0.3 is 5.73 Å². The fourth-order valence-corrected chi connectivity index (χ4v) is 0.961. The van der Waals surface area contributed by atoms with Crippen LogP contribution in [0, 0.1) is 17.0 Å². The molecule has 0 aliphatic rings. The number of pyridine rings is 1. The SMILES string of the molecule is Cc1ccnc(C(N)=O)c1[N+](=O)[O-]. The second-order valence-electron chi connectivity index (χ2n) is 2.45. The van der Waals surface area contributed by atoms with E-state index in [-0.39, 0.29) is 11.4 Å². The molecule has 68 valence electrons. The predicted molar refractivity (Wildman–Crippen MR) is 44.1 cm³/mol. The number of rotatable bonds is 2. The number of amides is 1. The largest absolute Gasteiger partial charge is 0.364 e. The molecular weight excluding hydrogens is 174 g/mol. The Balaban J connectivity index is 3.43. The number of aromatic nitrogens is 1. The molecule has 6 nitrogen and oxygen atoms in total. The van der Waals surface area contributed by atoms with E-state index in [0.29, 0.717) is 5.56 Å². The summed E-state index contributed by atoms with van der Waals surface area (Å²) >= 11 is 0. The van der Waals surface area contributed by atoms with Crippen molar-refractivity contribution in [2.75, 3.05) is 0 Å². The van der Waals surface area contributed by atoms with Gasteiger partial charge in [0, 0.05) is 11.8 Å². The van der Waals surface area contributed by atoms with Crippen LogP contribution in [0.25, 0.3) is 0 Å². The molecule has 0 spiro atoms. The maximum absolute atomic E-state index is 10.7. The van der Waals surface area contributed by atoms with Crippen molar-refractivity contribution in [3.05, 3.63) is 33.6 Å². The van der Waals surface area contributed by atoms with Gasteiger partial charge in [-0.2, -0.15) is 0 Å². The third kappa shape index (κ3) is 1.61. The molecule has 0 fully saturated rings. The molecule has 1 aromatic rings. The van der Waals surface area contributed by atoms with Crippen LogP contribution < -0.4 is 5.73 Å². The summed E-state index contributed by atoms with van der Waals surface area (Å²) in [6.07, 6.45) is 1.31. The zero-order chi connectivity index (χ0) is 10.0. The van der Waals surface area contributed by atoms with Gasteiger partial charge in [0.1, 0.15) is 0 Å². The number of carbonyl (C=O) groups excluding carboxylic acids is 1. The van der Waals surface area contributed by atoms with Crippen molar-refractivity contribution in [2.45, 2.75) is 6.92 Å². The van der Waals surface area contributed by atoms with Gasteiger partial charge in [0.15, 0.2) is 0 Å². The van der Waals surface area contributed by atoms with Gasteiger partial charge in [-0.25, -0.2) is 4.98 Å². The minimum Gasteiger partial charge on any atom is -0.364 e. The standard InChI is InChI=1S/C7H7N3O3/c1-4-2-3-9-5(7(8)11)6(4)10(12)13/h2-3H,1H3,(H2,8,11). The summed E-state index contributed by atoms with van der Waals surface area (Å²) < 4.78 is 0. The van der Waals surface area contributed by atoms with E-state index >= 15 is 0 Å². The smallest absolute Gasteiger partial charge is 0.303 e. The van der Waals surface area contributed by atoms with E-state index < -0.39 is 10.8 Å². The fourth-order valence-electron chi connectivity index (χ4n) is 0.961. The second-order valence-corrected chi connectivity index (χ2v) is 2.45. The quantitative estimate of drug-likeness (QED) is 0.527. The van der Waals surface area contributed by atoms with Crippen molar-refractivity contribution in [2.24, 2.45) is 5.73 Å². The molecule has 1 aromatic heterocycles. The third-order valence-corrected chi connectivity index (χ3v) is 1.54. The van der Waals surface area contributed by atoms with Crippen LogP contribution in [0.5, 0.6) is 0 Å². The number of nitrogens with two attached hydrogens (primary N) is 1. The summed E-state index contributed by atoms with van der Waals surface area (Å²) in [6.45, 7) is 1.52. The number of hydrogen-bond acceptors (Lipinski definition) is 4. The van der Waals surface area contributed by atoms with Crippen molar-refractivity contribution in [3.63, 3.8) is 0 Å². The summed E-state index contributed by atoms with van der Waals surface area (Å²) in [5.74, 6) is -0.893. The van der Waals surface area contributed by atoms with Gasteiger partial charge in [-0.3, -0.25) is 14.9 Å². The van der Waals surface area contributed by atoms with E-state index in [2.05, 4.69) is 4.98 Å². The lowest BCUT2D eigenvalue weighted by Crippen LogP contribution is -2.15. The number of aryl methyl sites for hydroxylation is 1. The minimum absolute atomic E-state index is 0.301. The first-order chi connectivity index (χ1) is 6.04. The molecule has 1 rings (SSSR count). The topological polar surface area (TPSA) is 99.1 Å². The zero-order valence-electron chi connectivity index (χ0n) is 6.85. The highest BCUT2D eigenvalue weighted by atomic mass is 16.6. The number of carbonyl (C=O) groups is 1. The first-order valence-electron chi connectivity index (χ1n) is 3.44. The molecule has 2 N–H and O–H groups in total. The van der Waals surface area contributed by atoms with E-state index in [4.69, 9.17) is 5.73 Å². The van der Waals surface area contributed by atoms with Crippen molar-refractivity contribution < 1.29 is 9.72 Å². The van der Waals surface area contributed by atoms with Crippen LogP contribution in [0.1, 0.15) is 16.1 Å². The average Bonchev–Trinajstić information content (AvgIpc) is 2.02. The zero-order valence-corrected chi connectivity index (χ0v) is 6.85. The van der Waals surface area contributed by atoms with Crippen LogP contribution in [0.3, 0.4) is 0 Å².